The van der Waals surface area contributed by atoms with Crippen molar-refractivity contribution in [1.82, 2.24) is 24.9 Å². The van der Waals surface area contributed by atoms with E-state index in [1.165, 1.54) is 4.68 Å². The first-order chi connectivity index (χ1) is 11.7. The van der Waals surface area contributed by atoms with Crippen LogP contribution in [0.25, 0.3) is 0 Å². The minimum atomic E-state index is -4.52. The molecule has 1 unspecified atom stereocenters. The van der Waals surface area contributed by atoms with Crippen molar-refractivity contribution in [2.75, 3.05) is 0 Å². The van der Waals surface area contributed by atoms with Crippen molar-refractivity contribution in [3.05, 3.63) is 34.9 Å². The van der Waals surface area contributed by atoms with Gasteiger partial charge in [0.15, 0.2) is 5.69 Å². The summed E-state index contributed by atoms with van der Waals surface area (Å²) in [5.41, 5.74) is 1.32. The summed E-state index contributed by atoms with van der Waals surface area (Å²) in [4.78, 5) is 12.4. The Balaban J connectivity index is 1.75. The van der Waals surface area contributed by atoms with E-state index in [1.807, 2.05) is 6.92 Å². The summed E-state index contributed by atoms with van der Waals surface area (Å²) in [6.45, 7) is 3.71. The number of carbonyl (C=O) groups is 1. The lowest BCUT2D eigenvalue weighted by molar-refractivity contribution is -0.142. The molecule has 2 aromatic heterocycles. The predicted octanol–water partition coefficient (Wildman–Crippen LogP) is 2.70. The average molecular weight is 355 g/mol. The van der Waals surface area contributed by atoms with Crippen LogP contribution in [0.2, 0.25) is 0 Å². The van der Waals surface area contributed by atoms with Crippen molar-refractivity contribution in [3.8, 4) is 0 Å². The molecule has 3 rings (SSSR count). The van der Waals surface area contributed by atoms with Gasteiger partial charge in [0.2, 0.25) is 5.91 Å². The van der Waals surface area contributed by atoms with Gasteiger partial charge in [0.1, 0.15) is 6.04 Å². The number of carbonyl (C=O) groups excluding carboxylic acids is 1. The van der Waals surface area contributed by atoms with Gasteiger partial charge in [-0.1, -0.05) is 0 Å². The van der Waals surface area contributed by atoms with Gasteiger partial charge >= 0.3 is 6.18 Å². The van der Waals surface area contributed by atoms with Gasteiger partial charge in [-0.05, 0) is 32.8 Å². The number of halogens is 3. The first-order valence-corrected chi connectivity index (χ1v) is 8.10. The summed E-state index contributed by atoms with van der Waals surface area (Å²) in [6, 6.07) is 0.246. The fourth-order valence-corrected chi connectivity index (χ4v) is 2.70. The normalized spacial score (nSPS) is 16.1. The fourth-order valence-electron chi connectivity index (χ4n) is 2.70. The number of hydrogen-bond acceptors (Lipinski definition) is 3. The number of nitrogens with one attached hydrogen (secondary N) is 1. The molecule has 1 aliphatic rings. The number of aryl methyl sites for hydroxylation is 1. The minimum Gasteiger partial charge on any atom is -0.350 e. The number of hydrogen-bond donors (Lipinski definition) is 1. The summed E-state index contributed by atoms with van der Waals surface area (Å²) in [7, 11) is 1.80. The van der Waals surface area contributed by atoms with Gasteiger partial charge in [-0.3, -0.25) is 14.2 Å². The Bertz CT molecular complexity index is 788. The SMILES string of the molecule is Cc1c(CNC(=O)C(C)n2nc(C(F)(F)F)cc2C2CC2)cnn1C. The lowest BCUT2D eigenvalue weighted by Gasteiger charge is -2.15. The van der Waals surface area contributed by atoms with E-state index in [9.17, 15) is 18.0 Å². The van der Waals surface area contributed by atoms with Crippen molar-refractivity contribution < 1.29 is 18.0 Å². The molecule has 1 N–H and O–H groups in total. The molecule has 1 saturated carbocycles. The van der Waals surface area contributed by atoms with E-state index in [4.69, 9.17) is 0 Å². The molecule has 1 atom stereocenters. The lowest BCUT2D eigenvalue weighted by Crippen LogP contribution is -2.32. The van der Waals surface area contributed by atoms with E-state index in [0.717, 1.165) is 30.2 Å². The standard InChI is InChI=1S/C16H20F3N5O/c1-9-12(8-21-23(9)3)7-20-15(25)10(2)24-13(11-4-5-11)6-14(22-24)16(17,18)19/h6,8,10-11H,4-5,7H2,1-3H3,(H,20,25). The molecule has 0 radical (unpaired) electrons. The van der Waals surface area contributed by atoms with E-state index in [0.29, 0.717) is 5.69 Å². The third-order valence-corrected chi connectivity index (χ3v) is 4.59. The summed E-state index contributed by atoms with van der Waals surface area (Å²) < 4.78 is 41.8. The molecule has 0 aromatic carbocycles. The first-order valence-electron chi connectivity index (χ1n) is 8.10. The largest absolute Gasteiger partial charge is 0.435 e. The molecule has 1 amide bonds. The maximum Gasteiger partial charge on any atom is 0.435 e. The average Bonchev–Trinajstić information content (AvgIpc) is 3.21. The highest BCUT2D eigenvalue weighted by molar-refractivity contribution is 5.79. The first kappa shape index (κ1) is 17.5. The molecule has 2 heterocycles. The topological polar surface area (TPSA) is 64.7 Å². The molecule has 25 heavy (non-hydrogen) atoms. The number of amides is 1. The van der Waals surface area contributed by atoms with Gasteiger partial charge in [-0.25, -0.2) is 0 Å². The second kappa shape index (κ2) is 6.20. The summed E-state index contributed by atoms with van der Waals surface area (Å²) in [5, 5.41) is 10.5. The monoisotopic (exact) mass is 355 g/mol. The lowest BCUT2D eigenvalue weighted by atomic mass is 10.2. The van der Waals surface area contributed by atoms with Crippen molar-refractivity contribution in [3.63, 3.8) is 0 Å². The highest BCUT2D eigenvalue weighted by Crippen LogP contribution is 2.42. The Kier molecular flexibility index (Phi) is 4.34. The van der Waals surface area contributed by atoms with Gasteiger partial charge < -0.3 is 5.32 Å². The number of aromatic nitrogens is 4. The van der Waals surface area contributed by atoms with E-state index >= 15 is 0 Å². The number of rotatable bonds is 5. The molecule has 0 aliphatic heterocycles. The van der Waals surface area contributed by atoms with Gasteiger partial charge in [-0.2, -0.15) is 23.4 Å². The maximum atomic E-state index is 13.0. The molecule has 0 spiro atoms. The van der Waals surface area contributed by atoms with Crippen LogP contribution < -0.4 is 5.32 Å². The smallest absolute Gasteiger partial charge is 0.350 e. The Hall–Kier alpha value is -2.32. The third kappa shape index (κ3) is 3.54. The Morgan fingerprint density at radius 1 is 1.44 bits per heavy atom. The van der Waals surface area contributed by atoms with Gasteiger partial charge in [0.25, 0.3) is 0 Å². The molecule has 6 nitrogen and oxygen atoms in total. The van der Waals surface area contributed by atoms with Gasteiger partial charge in [0.05, 0.1) is 6.20 Å². The van der Waals surface area contributed by atoms with Crippen molar-refractivity contribution >= 4 is 5.91 Å². The second-order valence-electron chi connectivity index (χ2n) is 6.44. The summed E-state index contributed by atoms with van der Waals surface area (Å²) >= 11 is 0. The van der Waals surface area contributed by atoms with E-state index in [1.54, 1.807) is 24.9 Å². The van der Waals surface area contributed by atoms with E-state index in [-0.39, 0.29) is 18.4 Å². The highest BCUT2D eigenvalue weighted by Gasteiger charge is 2.39. The molecule has 2 aromatic rings. The predicted molar refractivity (Wildman–Crippen MR) is 83.7 cm³/mol. The van der Waals surface area contributed by atoms with Crippen LogP contribution in [0, 0.1) is 6.92 Å². The Morgan fingerprint density at radius 2 is 2.12 bits per heavy atom. The third-order valence-electron chi connectivity index (χ3n) is 4.59. The van der Waals surface area contributed by atoms with Crippen LogP contribution in [0.1, 0.15) is 54.4 Å². The zero-order valence-electron chi connectivity index (χ0n) is 14.3. The zero-order chi connectivity index (χ0) is 18.4. The van der Waals surface area contributed by atoms with Crippen LogP contribution in [0.15, 0.2) is 12.3 Å². The molecular formula is C16H20F3N5O. The van der Waals surface area contributed by atoms with Crippen molar-refractivity contribution in [2.45, 2.75) is 51.4 Å². The van der Waals surface area contributed by atoms with Gasteiger partial charge in [-0.15, -0.1) is 0 Å². The number of nitrogens with zero attached hydrogens (tertiary/aromatic N) is 4. The highest BCUT2D eigenvalue weighted by atomic mass is 19.4. The van der Waals surface area contributed by atoms with Crippen LogP contribution >= 0.6 is 0 Å². The molecular weight excluding hydrogens is 335 g/mol. The van der Waals surface area contributed by atoms with Crippen molar-refractivity contribution in [1.29, 1.82) is 0 Å². The molecule has 1 fully saturated rings. The Labute approximate surface area is 143 Å². The van der Waals surface area contributed by atoms with Crippen LogP contribution in [-0.2, 0) is 24.6 Å². The van der Waals surface area contributed by atoms with Crippen LogP contribution in [-0.4, -0.2) is 25.5 Å². The number of alkyl halides is 3. The van der Waals surface area contributed by atoms with Crippen molar-refractivity contribution in [2.24, 2.45) is 7.05 Å². The second-order valence-corrected chi connectivity index (χ2v) is 6.44. The quantitative estimate of drug-likeness (QED) is 0.897. The van der Waals surface area contributed by atoms with Gasteiger partial charge in [0, 0.05) is 36.5 Å². The van der Waals surface area contributed by atoms with E-state index in [2.05, 4.69) is 15.5 Å². The Morgan fingerprint density at radius 3 is 2.64 bits per heavy atom. The molecule has 0 saturated heterocycles. The molecule has 9 heteroatoms. The van der Waals surface area contributed by atoms with Crippen LogP contribution in [0.4, 0.5) is 13.2 Å². The zero-order valence-corrected chi connectivity index (χ0v) is 14.3. The molecule has 136 valence electrons. The van der Waals surface area contributed by atoms with E-state index < -0.39 is 17.9 Å². The summed E-state index contributed by atoms with van der Waals surface area (Å²) in [5.74, 6) is -0.318. The molecule has 1 aliphatic carbocycles. The van der Waals surface area contributed by atoms with Crippen LogP contribution in [0.5, 0.6) is 0 Å². The maximum absolute atomic E-state index is 13.0. The minimum absolute atomic E-state index is 0.0550. The molecule has 0 bridgehead atoms. The summed E-state index contributed by atoms with van der Waals surface area (Å²) in [6.07, 6.45) is -1.21. The fraction of sp³-hybridized carbons (Fsp3) is 0.562. The van der Waals surface area contributed by atoms with Crippen LogP contribution in [0.3, 0.4) is 0 Å².